The summed E-state index contributed by atoms with van der Waals surface area (Å²) >= 11 is 0. The summed E-state index contributed by atoms with van der Waals surface area (Å²) < 4.78 is 29.1. The molecule has 1 saturated heterocycles. The highest BCUT2D eigenvalue weighted by atomic mass is 19.3. The van der Waals surface area contributed by atoms with E-state index in [1.807, 2.05) is 37.3 Å². The first-order chi connectivity index (χ1) is 17.3. The number of rotatable bonds is 9. The number of alkyl halides is 2. The number of carbonyl (C=O) groups is 3. The van der Waals surface area contributed by atoms with Gasteiger partial charge >= 0.3 is 12.6 Å². The van der Waals surface area contributed by atoms with Gasteiger partial charge in [0.05, 0.1) is 6.61 Å². The molecule has 0 radical (unpaired) electrons. The van der Waals surface area contributed by atoms with Crippen LogP contribution in [0.5, 0.6) is 0 Å². The van der Waals surface area contributed by atoms with E-state index >= 15 is 0 Å². The number of nitrogens with zero attached hydrogens (tertiary/aromatic N) is 2. The molecule has 4 amide bonds. The Bertz CT molecular complexity index is 1210. The van der Waals surface area contributed by atoms with Gasteiger partial charge in [0.25, 0.3) is 5.91 Å². The summed E-state index contributed by atoms with van der Waals surface area (Å²) in [5, 5.41) is 2.74. The van der Waals surface area contributed by atoms with Crippen LogP contribution < -0.4 is 5.32 Å². The molecule has 2 aromatic rings. The Kier molecular flexibility index (Phi) is 6.34. The van der Waals surface area contributed by atoms with Crippen molar-refractivity contribution in [3.63, 3.8) is 0 Å². The molecular formula is C27H27F2N3O4. The van der Waals surface area contributed by atoms with Crippen molar-refractivity contribution in [3.05, 3.63) is 76.9 Å². The lowest BCUT2D eigenvalue weighted by Gasteiger charge is -2.31. The maximum absolute atomic E-state index is 13.5. The first kappa shape index (κ1) is 24.1. The minimum Gasteiger partial charge on any atom is -0.334 e. The van der Waals surface area contributed by atoms with Crippen LogP contribution in [0, 0.1) is 5.92 Å². The molecule has 1 N–H and O–H groups in total. The number of nitrogens with one attached hydrogen (secondary N) is 1. The lowest BCUT2D eigenvalue weighted by Crippen LogP contribution is -2.47. The Balaban J connectivity index is 1.34. The average Bonchev–Trinajstić information content (AvgIpc) is 3.62. The molecule has 9 heteroatoms. The SMILES string of the molecule is CC(C1CC1)N(Cc1ccccc1)C(=O)CN1C(=O)NC2(C=Cc3cc(COC(F)F)ccc32)C1=O. The van der Waals surface area contributed by atoms with Crippen LogP contribution in [-0.2, 0) is 33.0 Å². The second-order valence-corrected chi connectivity index (χ2v) is 9.54. The van der Waals surface area contributed by atoms with Gasteiger partial charge in [-0.3, -0.25) is 14.5 Å². The van der Waals surface area contributed by atoms with E-state index in [9.17, 15) is 23.2 Å². The van der Waals surface area contributed by atoms with Crippen LogP contribution in [0.1, 0.15) is 42.0 Å². The van der Waals surface area contributed by atoms with Crippen molar-refractivity contribution in [2.75, 3.05) is 6.54 Å². The van der Waals surface area contributed by atoms with Gasteiger partial charge in [0, 0.05) is 12.6 Å². The molecule has 7 nitrogen and oxygen atoms in total. The number of halogens is 2. The van der Waals surface area contributed by atoms with Gasteiger partial charge < -0.3 is 15.0 Å². The molecule has 0 bridgehead atoms. The third-order valence-electron chi connectivity index (χ3n) is 7.17. The highest BCUT2D eigenvalue weighted by molar-refractivity contribution is 6.12. The zero-order chi connectivity index (χ0) is 25.4. The Morgan fingerprint density at radius 3 is 2.61 bits per heavy atom. The Morgan fingerprint density at radius 2 is 1.92 bits per heavy atom. The number of benzene rings is 2. The van der Waals surface area contributed by atoms with Gasteiger partial charge in [0.15, 0.2) is 5.54 Å². The van der Waals surface area contributed by atoms with Gasteiger partial charge in [-0.15, -0.1) is 0 Å². The number of imide groups is 1. The van der Waals surface area contributed by atoms with Crippen molar-refractivity contribution in [2.45, 2.75) is 51.1 Å². The van der Waals surface area contributed by atoms with Crippen LogP contribution in [0.15, 0.2) is 54.6 Å². The molecule has 1 spiro atoms. The molecule has 1 heterocycles. The molecule has 2 unspecified atom stereocenters. The van der Waals surface area contributed by atoms with Crippen LogP contribution in [0.4, 0.5) is 13.6 Å². The van der Waals surface area contributed by atoms with Crippen LogP contribution in [-0.4, -0.2) is 46.8 Å². The third-order valence-corrected chi connectivity index (χ3v) is 7.17. The molecular weight excluding hydrogens is 468 g/mol. The van der Waals surface area contributed by atoms with Crippen molar-refractivity contribution in [3.8, 4) is 0 Å². The average molecular weight is 496 g/mol. The van der Waals surface area contributed by atoms with E-state index in [1.54, 1.807) is 35.3 Å². The molecule has 0 aromatic heterocycles. The second-order valence-electron chi connectivity index (χ2n) is 9.54. The minimum absolute atomic E-state index is 0.00610. The largest absolute Gasteiger partial charge is 0.345 e. The number of ether oxygens (including phenoxy) is 1. The molecule has 36 heavy (non-hydrogen) atoms. The maximum atomic E-state index is 13.5. The fourth-order valence-electron chi connectivity index (χ4n) is 5.00. The smallest absolute Gasteiger partial charge is 0.334 e. The van der Waals surface area contributed by atoms with Crippen molar-refractivity contribution in [1.29, 1.82) is 0 Å². The van der Waals surface area contributed by atoms with E-state index in [2.05, 4.69) is 10.1 Å². The molecule has 2 aliphatic carbocycles. The summed E-state index contributed by atoms with van der Waals surface area (Å²) in [7, 11) is 0. The zero-order valence-corrected chi connectivity index (χ0v) is 19.8. The van der Waals surface area contributed by atoms with Gasteiger partial charge in [0.1, 0.15) is 6.54 Å². The number of hydrogen-bond donors (Lipinski definition) is 1. The van der Waals surface area contributed by atoms with Crippen molar-refractivity contribution in [2.24, 2.45) is 5.92 Å². The molecule has 1 saturated carbocycles. The first-order valence-corrected chi connectivity index (χ1v) is 12.0. The number of urea groups is 1. The Morgan fingerprint density at radius 1 is 1.17 bits per heavy atom. The minimum atomic E-state index is -2.88. The van der Waals surface area contributed by atoms with Crippen molar-refractivity contribution >= 4 is 23.9 Å². The van der Waals surface area contributed by atoms with Crippen LogP contribution in [0.25, 0.3) is 6.08 Å². The fraction of sp³-hybridized carbons (Fsp3) is 0.370. The predicted octanol–water partition coefficient (Wildman–Crippen LogP) is 4.03. The summed E-state index contributed by atoms with van der Waals surface area (Å²) in [5.41, 5.74) is 1.24. The van der Waals surface area contributed by atoms with Gasteiger partial charge in [-0.2, -0.15) is 8.78 Å². The van der Waals surface area contributed by atoms with Crippen LogP contribution >= 0.6 is 0 Å². The van der Waals surface area contributed by atoms with Gasteiger partial charge in [0.2, 0.25) is 5.91 Å². The van der Waals surface area contributed by atoms with E-state index in [1.165, 1.54) is 0 Å². The van der Waals surface area contributed by atoms with E-state index in [0.29, 0.717) is 29.2 Å². The van der Waals surface area contributed by atoms with Crippen LogP contribution in [0.2, 0.25) is 0 Å². The molecule has 3 aliphatic rings. The standard InChI is InChI=1S/C27H27F2N3O4/c1-17(20-8-9-20)31(14-18-5-3-2-4-6-18)23(33)15-32-24(34)27(30-26(32)35)12-11-21-13-19(7-10-22(21)27)16-36-25(28)29/h2-7,10-13,17,20,25H,8-9,14-16H2,1H3,(H,30,35). The number of fused-ring (bicyclic) bond motifs is 2. The molecule has 5 rings (SSSR count). The highest BCUT2D eigenvalue weighted by Gasteiger charge is 2.54. The summed E-state index contributed by atoms with van der Waals surface area (Å²) in [6.45, 7) is -1.11. The van der Waals surface area contributed by atoms with Crippen molar-refractivity contribution in [1.82, 2.24) is 15.1 Å². The third kappa shape index (κ3) is 4.51. The fourth-order valence-corrected chi connectivity index (χ4v) is 5.00. The predicted molar refractivity (Wildman–Crippen MR) is 127 cm³/mol. The number of hydrogen-bond acceptors (Lipinski definition) is 4. The van der Waals surface area contributed by atoms with Gasteiger partial charge in [-0.1, -0.05) is 48.5 Å². The zero-order valence-electron chi connectivity index (χ0n) is 19.8. The monoisotopic (exact) mass is 495 g/mol. The van der Waals surface area contributed by atoms with E-state index in [0.717, 1.165) is 23.3 Å². The topological polar surface area (TPSA) is 79.0 Å². The molecule has 1 aliphatic heterocycles. The van der Waals surface area contributed by atoms with Gasteiger partial charge in [-0.25, -0.2) is 4.79 Å². The molecule has 188 valence electrons. The summed E-state index contributed by atoms with van der Waals surface area (Å²) in [5.74, 6) is -0.410. The van der Waals surface area contributed by atoms with Gasteiger partial charge in [-0.05, 0) is 60.1 Å². The molecule has 2 atom stereocenters. The Hall–Kier alpha value is -3.59. The number of amides is 4. The summed E-state index contributed by atoms with van der Waals surface area (Å²) in [6, 6.07) is 13.8. The van der Waals surface area contributed by atoms with E-state index in [-0.39, 0.29) is 25.1 Å². The lowest BCUT2D eigenvalue weighted by atomic mass is 9.91. The molecule has 2 fully saturated rings. The normalized spacial score (nSPS) is 21.3. The Labute approximate surface area is 207 Å². The highest BCUT2D eigenvalue weighted by Crippen LogP contribution is 2.40. The second kappa shape index (κ2) is 9.46. The van der Waals surface area contributed by atoms with Crippen LogP contribution in [0.3, 0.4) is 0 Å². The summed E-state index contributed by atoms with van der Waals surface area (Å²) in [4.78, 5) is 42.6. The lowest BCUT2D eigenvalue weighted by molar-refractivity contribution is -0.140. The quantitative estimate of drug-likeness (QED) is 0.533. The van der Waals surface area contributed by atoms with E-state index < -0.39 is 24.1 Å². The first-order valence-electron chi connectivity index (χ1n) is 12.0. The van der Waals surface area contributed by atoms with Crippen molar-refractivity contribution < 1.29 is 27.9 Å². The van der Waals surface area contributed by atoms with E-state index in [4.69, 9.17) is 0 Å². The molecule has 2 aromatic carbocycles. The maximum Gasteiger partial charge on any atom is 0.345 e. The summed E-state index contributed by atoms with van der Waals surface area (Å²) in [6.07, 6.45) is 5.35. The number of carbonyl (C=O) groups excluding carboxylic acids is 3.